The molecule has 0 saturated carbocycles. The molecule has 0 atom stereocenters. The molecule has 0 aromatic heterocycles. The minimum absolute atomic E-state index is 0.146. The fourth-order valence-corrected chi connectivity index (χ4v) is 4.77. The molecule has 0 radical (unpaired) electrons. The maximum Gasteiger partial charge on any atom is 0.248 e. The third kappa shape index (κ3) is 5.04. The second-order valence-corrected chi connectivity index (χ2v) is 8.72. The van der Waals surface area contributed by atoms with Gasteiger partial charge in [-0.1, -0.05) is 44.2 Å². The summed E-state index contributed by atoms with van der Waals surface area (Å²) in [7, 11) is 0. The van der Waals surface area contributed by atoms with Gasteiger partial charge in [0, 0.05) is 24.8 Å². The highest BCUT2D eigenvalue weighted by Crippen LogP contribution is 2.34. The number of anilines is 1. The monoisotopic (exact) mass is 422 g/mol. The molecular formula is C26H34N2O3. The van der Waals surface area contributed by atoms with Gasteiger partial charge >= 0.3 is 0 Å². The highest BCUT2D eigenvalue weighted by atomic mass is 16.5. The van der Waals surface area contributed by atoms with Gasteiger partial charge in [-0.3, -0.25) is 4.79 Å². The molecule has 1 spiro atoms. The van der Waals surface area contributed by atoms with E-state index in [0.29, 0.717) is 12.6 Å². The topological polar surface area (TPSA) is 42.0 Å². The van der Waals surface area contributed by atoms with Crippen molar-refractivity contribution in [3.8, 4) is 5.75 Å². The van der Waals surface area contributed by atoms with E-state index in [9.17, 15) is 4.79 Å². The predicted octanol–water partition coefficient (Wildman–Crippen LogP) is 4.65. The summed E-state index contributed by atoms with van der Waals surface area (Å²) in [6, 6.07) is 18.9. The van der Waals surface area contributed by atoms with E-state index in [-0.39, 0.29) is 18.1 Å². The molecule has 5 heteroatoms. The van der Waals surface area contributed by atoms with Crippen LogP contribution >= 0.6 is 0 Å². The van der Waals surface area contributed by atoms with Gasteiger partial charge in [0.1, 0.15) is 19.0 Å². The lowest BCUT2D eigenvalue weighted by atomic mass is 9.88. The summed E-state index contributed by atoms with van der Waals surface area (Å²) in [5.41, 5.74) is 2.19. The Morgan fingerprint density at radius 2 is 1.68 bits per heavy atom. The summed E-state index contributed by atoms with van der Waals surface area (Å²) < 4.78 is 12.0. The van der Waals surface area contributed by atoms with Crippen LogP contribution in [0.1, 0.15) is 45.1 Å². The third-order valence-electron chi connectivity index (χ3n) is 6.79. The van der Waals surface area contributed by atoms with E-state index in [1.807, 2.05) is 30.3 Å². The Bertz CT molecular complexity index is 841. The number of amides is 1. The number of ether oxygens (including phenoxy) is 2. The average molecular weight is 423 g/mol. The van der Waals surface area contributed by atoms with E-state index in [2.05, 4.69) is 47.9 Å². The predicted molar refractivity (Wildman–Crippen MR) is 123 cm³/mol. The van der Waals surface area contributed by atoms with Gasteiger partial charge in [-0.15, -0.1) is 0 Å². The van der Waals surface area contributed by atoms with Crippen molar-refractivity contribution < 1.29 is 14.3 Å². The van der Waals surface area contributed by atoms with E-state index >= 15 is 0 Å². The second kappa shape index (κ2) is 9.73. The van der Waals surface area contributed by atoms with Gasteiger partial charge in [-0.2, -0.15) is 0 Å². The molecule has 0 N–H and O–H groups in total. The number of carbonyl (C=O) groups excluding carboxylic acids is 1. The van der Waals surface area contributed by atoms with Gasteiger partial charge in [0.25, 0.3) is 0 Å². The van der Waals surface area contributed by atoms with Crippen LogP contribution in [0.4, 0.5) is 5.69 Å². The Morgan fingerprint density at radius 3 is 2.32 bits per heavy atom. The van der Waals surface area contributed by atoms with Gasteiger partial charge in [-0.25, -0.2) is 0 Å². The maximum atomic E-state index is 12.4. The smallest absolute Gasteiger partial charge is 0.248 e. The molecule has 0 bridgehead atoms. The number of benzene rings is 2. The Hall–Kier alpha value is -2.53. The van der Waals surface area contributed by atoms with Crippen molar-refractivity contribution in [1.29, 1.82) is 0 Å². The number of nitrogens with zero attached hydrogens (tertiary/aromatic N) is 2. The largest absolute Gasteiger partial charge is 0.489 e. The SMILES string of the molecule is CCC(CC)N1CC2(CCN(c3ccc(OCc4ccccc4)cc3)CC2)OCC1=O. The molecule has 2 aromatic carbocycles. The molecule has 31 heavy (non-hydrogen) atoms. The van der Waals surface area contributed by atoms with Crippen molar-refractivity contribution in [2.24, 2.45) is 0 Å². The van der Waals surface area contributed by atoms with Crippen molar-refractivity contribution in [2.75, 3.05) is 31.1 Å². The number of rotatable bonds is 7. The standard InChI is InChI=1S/C26H34N2O3/c1-3-22(4-2)28-20-26(31-19-25(28)29)14-16-27(17-15-26)23-10-12-24(13-11-23)30-18-21-8-6-5-7-9-21/h5-13,22H,3-4,14-20H2,1-2H3. The van der Waals surface area contributed by atoms with Gasteiger partial charge in [-0.05, 0) is 55.5 Å². The summed E-state index contributed by atoms with van der Waals surface area (Å²) >= 11 is 0. The van der Waals surface area contributed by atoms with E-state index in [4.69, 9.17) is 9.47 Å². The zero-order valence-corrected chi connectivity index (χ0v) is 18.8. The Kier molecular flexibility index (Phi) is 6.81. The van der Waals surface area contributed by atoms with Gasteiger partial charge in [0.15, 0.2) is 0 Å². The summed E-state index contributed by atoms with van der Waals surface area (Å²) in [5, 5.41) is 0. The zero-order chi connectivity index (χ0) is 21.7. The highest BCUT2D eigenvalue weighted by molar-refractivity contribution is 5.78. The molecule has 2 saturated heterocycles. The summed E-state index contributed by atoms with van der Waals surface area (Å²) in [6.07, 6.45) is 3.90. The number of carbonyl (C=O) groups is 1. The number of hydrogen-bond acceptors (Lipinski definition) is 4. The van der Waals surface area contributed by atoms with Crippen LogP contribution < -0.4 is 9.64 Å². The second-order valence-electron chi connectivity index (χ2n) is 8.72. The molecule has 4 rings (SSSR count). The molecule has 2 fully saturated rings. The number of piperidine rings is 1. The lowest BCUT2D eigenvalue weighted by Gasteiger charge is -2.49. The Labute approximate surface area is 185 Å². The normalized spacial score (nSPS) is 18.6. The lowest BCUT2D eigenvalue weighted by molar-refractivity contribution is -0.171. The first-order valence-electron chi connectivity index (χ1n) is 11.6. The van der Waals surface area contributed by atoms with Gasteiger partial charge in [0.05, 0.1) is 12.1 Å². The van der Waals surface area contributed by atoms with Crippen LogP contribution in [0.2, 0.25) is 0 Å². The molecule has 2 aromatic rings. The van der Waals surface area contributed by atoms with E-state index in [0.717, 1.165) is 51.1 Å². The molecule has 2 heterocycles. The van der Waals surface area contributed by atoms with Crippen molar-refractivity contribution in [2.45, 2.75) is 57.8 Å². The molecule has 2 aliphatic heterocycles. The molecule has 0 unspecified atom stereocenters. The van der Waals surface area contributed by atoms with Crippen LogP contribution in [0.3, 0.4) is 0 Å². The molecule has 1 amide bonds. The van der Waals surface area contributed by atoms with E-state index in [1.165, 1.54) is 11.3 Å². The van der Waals surface area contributed by atoms with Crippen LogP contribution in [0.15, 0.2) is 54.6 Å². The lowest BCUT2D eigenvalue weighted by Crippen LogP contribution is -2.60. The fraction of sp³-hybridized carbons (Fsp3) is 0.500. The quantitative estimate of drug-likeness (QED) is 0.651. The van der Waals surface area contributed by atoms with Crippen molar-refractivity contribution >= 4 is 11.6 Å². The van der Waals surface area contributed by atoms with Crippen LogP contribution in [-0.4, -0.2) is 48.7 Å². The van der Waals surface area contributed by atoms with Crippen LogP contribution in [0, 0.1) is 0 Å². The first-order chi connectivity index (χ1) is 15.1. The molecule has 166 valence electrons. The molecule has 5 nitrogen and oxygen atoms in total. The number of hydrogen-bond donors (Lipinski definition) is 0. The van der Waals surface area contributed by atoms with Gasteiger partial charge in [0.2, 0.25) is 5.91 Å². The Morgan fingerprint density at radius 1 is 1.00 bits per heavy atom. The molecule has 0 aliphatic carbocycles. The third-order valence-corrected chi connectivity index (χ3v) is 6.79. The Balaban J connectivity index is 1.32. The number of morpholine rings is 1. The first kappa shape index (κ1) is 21.7. The summed E-state index contributed by atoms with van der Waals surface area (Å²) in [6.45, 7) is 7.75. The highest BCUT2D eigenvalue weighted by Gasteiger charge is 2.43. The van der Waals surface area contributed by atoms with E-state index < -0.39 is 0 Å². The van der Waals surface area contributed by atoms with Crippen molar-refractivity contribution in [3.63, 3.8) is 0 Å². The first-order valence-corrected chi connectivity index (χ1v) is 11.6. The van der Waals surface area contributed by atoms with Crippen molar-refractivity contribution in [1.82, 2.24) is 4.90 Å². The minimum Gasteiger partial charge on any atom is -0.489 e. The van der Waals surface area contributed by atoms with Gasteiger partial charge < -0.3 is 19.3 Å². The zero-order valence-electron chi connectivity index (χ0n) is 18.8. The average Bonchev–Trinajstić information content (AvgIpc) is 2.82. The van der Waals surface area contributed by atoms with Crippen LogP contribution in [0.25, 0.3) is 0 Å². The van der Waals surface area contributed by atoms with Crippen LogP contribution in [0.5, 0.6) is 5.75 Å². The maximum absolute atomic E-state index is 12.4. The summed E-state index contributed by atoms with van der Waals surface area (Å²) in [4.78, 5) is 16.9. The fourth-order valence-electron chi connectivity index (χ4n) is 4.77. The van der Waals surface area contributed by atoms with E-state index in [1.54, 1.807) is 0 Å². The minimum atomic E-state index is -0.189. The van der Waals surface area contributed by atoms with Crippen molar-refractivity contribution in [3.05, 3.63) is 60.2 Å². The van der Waals surface area contributed by atoms with Crippen LogP contribution in [-0.2, 0) is 16.1 Å². The summed E-state index contributed by atoms with van der Waals surface area (Å²) in [5.74, 6) is 1.03. The molecular weight excluding hydrogens is 388 g/mol. The molecule has 2 aliphatic rings.